The average molecular weight is 496 g/mol. The van der Waals surface area contributed by atoms with Crippen LogP contribution in [0.1, 0.15) is 75.0 Å². The molecule has 0 spiro atoms. The number of hydrogen-bond acceptors (Lipinski definition) is 5. The number of aliphatic hydroxyl groups is 1. The molecule has 0 saturated carbocycles. The maximum absolute atomic E-state index is 11.9. The van der Waals surface area contributed by atoms with Crippen molar-refractivity contribution in [1.82, 2.24) is 10.2 Å². The molecule has 2 saturated heterocycles. The maximum Gasteiger partial charge on any atom is 0.319 e. The molecule has 2 aliphatic heterocycles. The molecule has 7 nitrogen and oxygen atoms in total. The van der Waals surface area contributed by atoms with E-state index in [0.717, 1.165) is 42.0 Å². The highest BCUT2D eigenvalue weighted by atomic mass is 16.7. The van der Waals surface area contributed by atoms with Gasteiger partial charge in [0, 0.05) is 30.3 Å². The van der Waals surface area contributed by atoms with Crippen molar-refractivity contribution in [2.75, 3.05) is 31.5 Å². The number of benzene rings is 2. The number of nitrogens with one attached hydrogen (secondary N) is 2. The van der Waals surface area contributed by atoms with Crippen LogP contribution in [0.15, 0.2) is 48.5 Å². The van der Waals surface area contributed by atoms with E-state index in [2.05, 4.69) is 34.6 Å². The Bertz CT molecular complexity index is 942. The smallest absolute Gasteiger partial charge is 0.319 e. The second-order valence-electron chi connectivity index (χ2n) is 10.00. The minimum absolute atomic E-state index is 0.0267. The molecule has 2 heterocycles. The Balaban J connectivity index is 1.53. The van der Waals surface area contributed by atoms with Crippen LogP contribution in [0.2, 0.25) is 0 Å². The van der Waals surface area contributed by atoms with Crippen molar-refractivity contribution in [3.8, 4) is 0 Å². The molecule has 2 amide bonds. The molecule has 196 valence electrons. The van der Waals surface area contributed by atoms with Crippen LogP contribution in [0.4, 0.5) is 10.5 Å². The van der Waals surface area contributed by atoms with Crippen molar-refractivity contribution in [3.05, 3.63) is 65.2 Å². The van der Waals surface area contributed by atoms with Gasteiger partial charge in [0.05, 0.1) is 18.8 Å². The minimum Gasteiger partial charge on any atom is -0.392 e. The Hall–Kier alpha value is -2.45. The molecule has 0 unspecified atom stereocenters. The summed E-state index contributed by atoms with van der Waals surface area (Å²) in [5.41, 5.74) is 3.64. The molecule has 2 aromatic carbocycles. The molecule has 0 aliphatic carbocycles. The van der Waals surface area contributed by atoms with Gasteiger partial charge in [0.2, 0.25) is 0 Å². The van der Waals surface area contributed by atoms with Gasteiger partial charge in [-0.3, -0.25) is 0 Å². The molecule has 36 heavy (non-hydrogen) atoms. The van der Waals surface area contributed by atoms with Gasteiger partial charge in [0.1, 0.15) is 0 Å². The summed E-state index contributed by atoms with van der Waals surface area (Å²) in [7, 11) is 0. The average Bonchev–Trinajstić information content (AvgIpc) is 2.87. The number of anilines is 1. The Labute approximate surface area is 215 Å². The minimum atomic E-state index is -0.498. The summed E-state index contributed by atoms with van der Waals surface area (Å²) >= 11 is 0. The first kappa shape index (κ1) is 26.6. The number of carbonyl (C=O) groups is 1. The fourth-order valence-corrected chi connectivity index (χ4v) is 5.14. The zero-order chi connectivity index (χ0) is 25.3. The Morgan fingerprint density at radius 1 is 0.944 bits per heavy atom. The molecule has 4 atom stereocenters. The summed E-state index contributed by atoms with van der Waals surface area (Å²) in [5.74, 6) is 0.172. The van der Waals surface area contributed by atoms with Gasteiger partial charge in [0.15, 0.2) is 6.29 Å². The van der Waals surface area contributed by atoms with Gasteiger partial charge in [-0.2, -0.15) is 0 Å². The fourth-order valence-electron chi connectivity index (χ4n) is 5.14. The van der Waals surface area contributed by atoms with Crippen LogP contribution in [-0.4, -0.2) is 48.3 Å². The predicted octanol–water partition coefficient (Wildman–Crippen LogP) is 5.38. The van der Waals surface area contributed by atoms with E-state index in [1.165, 1.54) is 32.1 Å². The summed E-state index contributed by atoms with van der Waals surface area (Å²) in [6.07, 6.45) is 5.85. The normalized spacial score (nSPS) is 25.5. The van der Waals surface area contributed by atoms with Crippen LogP contribution in [0.25, 0.3) is 0 Å². The van der Waals surface area contributed by atoms with E-state index in [1.54, 1.807) is 0 Å². The zero-order valence-electron chi connectivity index (χ0n) is 21.6. The van der Waals surface area contributed by atoms with Crippen LogP contribution in [0.5, 0.6) is 0 Å². The number of rotatable bonds is 7. The first-order chi connectivity index (χ1) is 17.6. The summed E-state index contributed by atoms with van der Waals surface area (Å²) in [5, 5.41) is 15.1. The van der Waals surface area contributed by atoms with Gasteiger partial charge in [-0.15, -0.1) is 0 Å². The van der Waals surface area contributed by atoms with Crippen LogP contribution in [0, 0.1) is 5.92 Å². The number of amides is 2. The molecular weight excluding hydrogens is 454 g/mol. The summed E-state index contributed by atoms with van der Waals surface area (Å²) in [6.45, 7) is 7.84. The van der Waals surface area contributed by atoms with Crippen LogP contribution in [0.3, 0.4) is 0 Å². The topological polar surface area (TPSA) is 83.1 Å². The molecule has 7 heteroatoms. The van der Waals surface area contributed by atoms with Gasteiger partial charge in [-0.05, 0) is 56.1 Å². The highest BCUT2D eigenvalue weighted by Crippen LogP contribution is 2.42. The van der Waals surface area contributed by atoms with E-state index in [9.17, 15) is 9.90 Å². The first-order valence-corrected chi connectivity index (χ1v) is 13.4. The SMILES string of the molecule is CCNC(=O)Nc1ccc([C@@H]2O[C@H](CN3CCCCCCC3)[C@H](C)[C@H](c3ccc(CO)cc3)O2)cc1. The number of carbonyl (C=O) groups excluding carboxylic acids is 1. The van der Waals surface area contributed by atoms with E-state index in [4.69, 9.17) is 9.47 Å². The fraction of sp³-hybridized carbons (Fsp3) is 0.552. The van der Waals surface area contributed by atoms with Gasteiger partial charge in [-0.1, -0.05) is 62.6 Å². The maximum atomic E-state index is 11.9. The van der Waals surface area contributed by atoms with Crippen LogP contribution in [-0.2, 0) is 16.1 Å². The lowest BCUT2D eigenvalue weighted by molar-refractivity contribution is -0.276. The summed E-state index contributed by atoms with van der Waals surface area (Å²) in [4.78, 5) is 14.4. The largest absolute Gasteiger partial charge is 0.392 e. The highest BCUT2D eigenvalue weighted by molar-refractivity contribution is 5.89. The molecule has 0 aromatic heterocycles. The third-order valence-corrected chi connectivity index (χ3v) is 7.29. The van der Waals surface area contributed by atoms with Gasteiger partial charge >= 0.3 is 6.03 Å². The second kappa shape index (κ2) is 13.2. The molecule has 0 radical (unpaired) electrons. The van der Waals surface area contributed by atoms with Crippen molar-refractivity contribution >= 4 is 11.7 Å². The van der Waals surface area contributed by atoms with E-state index >= 15 is 0 Å². The van der Waals surface area contributed by atoms with Gasteiger partial charge in [0.25, 0.3) is 0 Å². The number of ether oxygens (including phenoxy) is 2. The van der Waals surface area contributed by atoms with E-state index in [0.29, 0.717) is 6.54 Å². The number of aliphatic hydroxyl groups excluding tert-OH is 1. The molecule has 4 rings (SSSR count). The van der Waals surface area contributed by atoms with E-state index in [-0.39, 0.29) is 30.8 Å². The van der Waals surface area contributed by atoms with Gasteiger partial charge < -0.3 is 30.1 Å². The Morgan fingerprint density at radius 2 is 1.58 bits per heavy atom. The monoisotopic (exact) mass is 495 g/mol. The van der Waals surface area contributed by atoms with Crippen molar-refractivity contribution < 1.29 is 19.4 Å². The molecule has 3 N–H and O–H groups in total. The van der Waals surface area contributed by atoms with Gasteiger partial charge in [-0.25, -0.2) is 4.79 Å². The lowest BCUT2D eigenvalue weighted by Crippen LogP contribution is -2.45. The van der Waals surface area contributed by atoms with Crippen molar-refractivity contribution in [2.24, 2.45) is 5.92 Å². The predicted molar refractivity (Wildman–Crippen MR) is 142 cm³/mol. The lowest BCUT2D eigenvalue weighted by Gasteiger charge is -2.43. The highest BCUT2D eigenvalue weighted by Gasteiger charge is 2.39. The standard InChI is InChI=1S/C29H41N3O4/c1-3-30-29(34)31-25-15-13-24(14-16-25)28-35-26(19-32-17-7-5-4-6-8-18-32)21(2)27(36-28)23-11-9-22(20-33)10-12-23/h9-16,21,26-28,33H,3-8,17-20H2,1-2H3,(H2,30,31,34)/t21-,26+,27+,28+/m0/s1. The van der Waals surface area contributed by atoms with E-state index < -0.39 is 6.29 Å². The third-order valence-electron chi connectivity index (χ3n) is 7.29. The first-order valence-electron chi connectivity index (χ1n) is 13.4. The zero-order valence-corrected chi connectivity index (χ0v) is 21.6. The Kier molecular flexibility index (Phi) is 9.75. The second-order valence-corrected chi connectivity index (χ2v) is 10.00. The van der Waals surface area contributed by atoms with E-state index in [1.807, 2.05) is 43.3 Å². The molecule has 2 fully saturated rings. The quantitative estimate of drug-likeness (QED) is 0.481. The summed E-state index contributed by atoms with van der Waals surface area (Å²) in [6, 6.07) is 15.5. The number of nitrogens with zero attached hydrogens (tertiary/aromatic N) is 1. The summed E-state index contributed by atoms with van der Waals surface area (Å²) < 4.78 is 13.2. The van der Waals surface area contributed by atoms with Crippen LogP contribution < -0.4 is 10.6 Å². The Morgan fingerprint density at radius 3 is 2.22 bits per heavy atom. The molecular formula is C29H41N3O4. The van der Waals surface area contributed by atoms with Crippen molar-refractivity contribution in [1.29, 1.82) is 0 Å². The van der Waals surface area contributed by atoms with Crippen molar-refractivity contribution in [2.45, 2.75) is 71.1 Å². The molecule has 2 aromatic rings. The molecule has 0 bridgehead atoms. The number of urea groups is 1. The van der Waals surface area contributed by atoms with Crippen molar-refractivity contribution in [3.63, 3.8) is 0 Å². The van der Waals surface area contributed by atoms with Crippen LogP contribution >= 0.6 is 0 Å². The number of likely N-dealkylation sites (tertiary alicyclic amines) is 1. The molecule has 2 aliphatic rings. The third kappa shape index (κ3) is 7.07. The number of hydrogen-bond donors (Lipinski definition) is 3. The lowest BCUT2D eigenvalue weighted by atomic mass is 9.89.